The standard InChI is InChI=1S/C15H23N5O4S/c1-4-23-8-7-20-14-5-6-19(25(21,22)18(2)3)9-12(14)15(17-20)13-10-24-11-16-13/h10-11H,4-9H2,1-3H3. The highest BCUT2D eigenvalue weighted by atomic mass is 32.2. The third-order valence-electron chi connectivity index (χ3n) is 4.21. The summed E-state index contributed by atoms with van der Waals surface area (Å²) in [7, 11) is -0.406. The minimum atomic E-state index is -3.48. The van der Waals surface area contributed by atoms with Crippen molar-refractivity contribution >= 4 is 10.2 Å². The van der Waals surface area contributed by atoms with Gasteiger partial charge in [0.1, 0.15) is 17.7 Å². The van der Waals surface area contributed by atoms with Crippen LogP contribution in [0.25, 0.3) is 11.4 Å². The monoisotopic (exact) mass is 369 g/mol. The van der Waals surface area contributed by atoms with Crippen LogP contribution >= 0.6 is 0 Å². The van der Waals surface area contributed by atoms with Gasteiger partial charge in [0.2, 0.25) is 0 Å². The zero-order valence-electron chi connectivity index (χ0n) is 14.7. The summed E-state index contributed by atoms with van der Waals surface area (Å²) in [4.78, 5) is 4.17. The summed E-state index contributed by atoms with van der Waals surface area (Å²) in [5.74, 6) is 0. The lowest BCUT2D eigenvalue weighted by atomic mass is 10.1. The maximum atomic E-state index is 12.5. The van der Waals surface area contributed by atoms with Gasteiger partial charge in [-0.1, -0.05) is 0 Å². The first-order valence-corrected chi connectivity index (χ1v) is 9.57. The first kappa shape index (κ1) is 18.1. The van der Waals surface area contributed by atoms with E-state index in [2.05, 4.69) is 10.1 Å². The topological polar surface area (TPSA) is 93.7 Å². The molecule has 25 heavy (non-hydrogen) atoms. The van der Waals surface area contributed by atoms with Crippen LogP contribution in [0, 0.1) is 0 Å². The number of hydrogen-bond donors (Lipinski definition) is 0. The molecule has 0 amide bonds. The molecule has 1 aliphatic heterocycles. The van der Waals surface area contributed by atoms with E-state index in [1.54, 1.807) is 0 Å². The van der Waals surface area contributed by atoms with Gasteiger partial charge in [-0.25, -0.2) is 4.98 Å². The van der Waals surface area contributed by atoms with Crippen LogP contribution in [0.2, 0.25) is 0 Å². The van der Waals surface area contributed by atoms with Crippen LogP contribution < -0.4 is 0 Å². The fourth-order valence-corrected chi connectivity index (χ4v) is 3.99. The summed E-state index contributed by atoms with van der Waals surface area (Å²) in [6, 6.07) is 0. The second kappa shape index (κ2) is 7.24. The van der Waals surface area contributed by atoms with Crippen LogP contribution in [0.5, 0.6) is 0 Å². The Morgan fingerprint density at radius 1 is 1.40 bits per heavy atom. The maximum absolute atomic E-state index is 12.5. The second-order valence-electron chi connectivity index (χ2n) is 5.94. The zero-order chi connectivity index (χ0) is 18.0. The van der Waals surface area contributed by atoms with Gasteiger partial charge in [-0.2, -0.15) is 22.1 Å². The number of aromatic nitrogens is 3. The molecule has 138 valence electrons. The van der Waals surface area contributed by atoms with E-state index in [0.29, 0.717) is 44.1 Å². The molecule has 0 aliphatic carbocycles. The minimum Gasteiger partial charge on any atom is -0.451 e. The van der Waals surface area contributed by atoms with E-state index in [1.807, 2.05) is 11.6 Å². The molecule has 3 rings (SSSR count). The SMILES string of the molecule is CCOCCn1nc(-c2cocn2)c2c1CCN(S(=O)(=O)N(C)C)C2. The Hall–Kier alpha value is -1.75. The highest BCUT2D eigenvalue weighted by Crippen LogP contribution is 2.30. The van der Waals surface area contributed by atoms with Crippen molar-refractivity contribution in [2.75, 3.05) is 33.9 Å². The molecule has 0 unspecified atom stereocenters. The van der Waals surface area contributed by atoms with Crippen molar-refractivity contribution in [1.29, 1.82) is 0 Å². The number of rotatable bonds is 7. The Bertz CT molecular complexity index is 813. The first-order chi connectivity index (χ1) is 11.9. The summed E-state index contributed by atoms with van der Waals surface area (Å²) in [6.45, 7) is 4.47. The Morgan fingerprint density at radius 2 is 2.20 bits per heavy atom. The van der Waals surface area contributed by atoms with Gasteiger partial charge in [-0.15, -0.1) is 0 Å². The predicted molar refractivity (Wildman–Crippen MR) is 90.9 cm³/mol. The van der Waals surface area contributed by atoms with Crippen molar-refractivity contribution in [3.8, 4) is 11.4 Å². The number of ether oxygens (including phenoxy) is 1. The van der Waals surface area contributed by atoms with E-state index >= 15 is 0 Å². The lowest BCUT2D eigenvalue weighted by molar-refractivity contribution is 0.135. The highest BCUT2D eigenvalue weighted by molar-refractivity contribution is 7.86. The average molecular weight is 369 g/mol. The van der Waals surface area contributed by atoms with Crippen molar-refractivity contribution in [2.24, 2.45) is 0 Å². The zero-order valence-corrected chi connectivity index (χ0v) is 15.5. The molecular weight excluding hydrogens is 346 g/mol. The Labute approximate surface area is 147 Å². The molecule has 1 aliphatic rings. The fourth-order valence-electron chi connectivity index (χ4n) is 2.91. The van der Waals surface area contributed by atoms with Gasteiger partial charge in [0.15, 0.2) is 6.39 Å². The number of hydrogen-bond acceptors (Lipinski definition) is 6. The molecule has 2 aromatic rings. The van der Waals surface area contributed by atoms with Crippen LogP contribution in [0.1, 0.15) is 18.2 Å². The van der Waals surface area contributed by atoms with E-state index < -0.39 is 10.2 Å². The molecule has 0 bridgehead atoms. The van der Waals surface area contributed by atoms with Crippen molar-refractivity contribution in [3.63, 3.8) is 0 Å². The Morgan fingerprint density at radius 3 is 2.84 bits per heavy atom. The quantitative estimate of drug-likeness (QED) is 0.668. The molecule has 3 heterocycles. The van der Waals surface area contributed by atoms with Gasteiger partial charge in [0.25, 0.3) is 10.2 Å². The predicted octanol–water partition coefficient (Wildman–Crippen LogP) is 0.739. The lowest BCUT2D eigenvalue weighted by Gasteiger charge is -2.29. The summed E-state index contributed by atoms with van der Waals surface area (Å²) in [6.07, 6.45) is 3.46. The molecule has 0 saturated carbocycles. The molecule has 0 atom stereocenters. The number of oxazole rings is 1. The summed E-state index contributed by atoms with van der Waals surface area (Å²) in [5, 5.41) is 4.65. The molecule has 0 aromatic carbocycles. The van der Waals surface area contributed by atoms with Crippen molar-refractivity contribution in [2.45, 2.75) is 26.4 Å². The van der Waals surface area contributed by atoms with Gasteiger partial charge in [-0.3, -0.25) is 4.68 Å². The maximum Gasteiger partial charge on any atom is 0.281 e. The van der Waals surface area contributed by atoms with Crippen molar-refractivity contribution in [3.05, 3.63) is 23.9 Å². The van der Waals surface area contributed by atoms with Crippen LogP contribution in [-0.2, 0) is 34.5 Å². The van der Waals surface area contributed by atoms with Crippen LogP contribution in [-0.4, -0.2) is 65.6 Å². The fraction of sp³-hybridized carbons (Fsp3) is 0.600. The van der Waals surface area contributed by atoms with E-state index in [4.69, 9.17) is 9.15 Å². The van der Waals surface area contributed by atoms with Crippen LogP contribution in [0.4, 0.5) is 0 Å². The van der Waals surface area contributed by atoms with Crippen molar-refractivity contribution in [1.82, 2.24) is 23.4 Å². The van der Waals surface area contributed by atoms with Gasteiger partial charge in [-0.05, 0) is 6.92 Å². The third kappa shape index (κ3) is 3.47. The van der Waals surface area contributed by atoms with Gasteiger partial charge in [0.05, 0.1) is 13.2 Å². The molecule has 0 spiro atoms. The Balaban J connectivity index is 1.96. The van der Waals surface area contributed by atoms with Crippen LogP contribution in [0.3, 0.4) is 0 Å². The molecule has 9 nitrogen and oxygen atoms in total. The van der Waals surface area contributed by atoms with E-state index in [9.17, 15) is 8.42 Å². The second-order valence-corrected chi connectivity index (χ2v) is 8.08. The van der Waals surface area contributed by atoms with E-state index in [1.165, 1.54) is 35.4 Å². The van der Waals surface area contributed by atoms with Gasteiger partial charge < -0.3 is 9.15 Å². The first-order valence-electron chi connectivity index (χ1n) is 8.17. The van der Waals surface area contributed by atoms with Crippen LogP contribution in [0.15, 0.2) is 17.1 Å². The molecule has 10 heteroatoms. The highest BCUT2D eigenvalue weighted by Gasteiger charge is 2.33. The molecular formula is C15H23N5O4S. The molecule has 2 aromatic heterocycles. The number of nitrogens with zero attached hydrogens (tertiary/aromatic N) is 5. The normalized spacial score (nSPS) is 15.7. The minimum absolute atomic E-state index is 0.271. The average Bonchev–Trinajstić information content (AvgIpc) is 3.22. The van der Waals surface area contributed by atoms with Crippen molar-refractivity contribution < 1.29 is 17.6 Å². The molecule has 0 N–H and O–H groups in total. The smallest absolute Gasteiger partial charge is 0.281 e. The van der Waals surface area contributed by atoms with Gasteiger partial charge in [0, 0.05) is 51.5 Å². The summed E-state index contributed by atoms with van der Waals surface area (Å²) >= 11 is 0. The number of fused-ring (bicyclic) bond motifs is 1. The van der Waals surface area contributed by atoms with E-state index in [0.717, 1.165) is 11.3 Å². The summed E-state index contributed by atoms with van der Waals surface area (Å²) in [5.41, 5.74) is 3.18. The Kier molecular flexibility index (Phi) is 5.23. The summed E-state index contributed by atoms with van der Waals surface area (Å²) < 4.78 is 40.1. The third-order valence-corrected chi connectivity index (χ3v) is 6.10. The van der Waals surface area contributed by atoms with E-state index in [-0.39, 0.29) is 6.54 Å². The van der Waals surface area contributed by atoms with Gasteiger partial charge >= 0.3 is 0 Å². The molecule has 0 radical (unpaired) electrons. The lowest BCUT2D eigenvalue weighted by Crippen LogP contribution is -2.43. The molecule has 0 saturated heterocycles. The largest absolute Gasteiger partial charge is 0.451 e. The molecule has 0 fully saturated rings.